The first kappa shape index (κ1) is 13.7. The van der Waals surface area contributed by atoms with Crippen molar-refractivity contribution in [1.82, 2.24) is 24.5 Å². The Balaban J connectivity index is 2.26. The maximum atomic E-state index is 11.9. The summed E-state index contributed by atoms with van der Waals surface area (Å²) in [5.74, 6) is 0.457. The van der Waals surface area contributed by atoms with E-state index in [-0.39, 0.29) is 5.52 Å². The fraction of sp³-hybridized carbons (Fsp3) is 0.231. The Labute approximate surface area is 127 Å². The van der Waals surface area contributed by atoms with Crippen LogP contribution in [0.25, 0.3) is 22.7 Å². The first-order chi connectivity index (χ1) is 10.1. The van der Waals surface area contributed by atoms with Crippen LogP contribution in [0.2, 0.25) is 0 Å². The van der Waals surface area contributed by atoms with E-state index in [1.165, 1.54) is 4.57 Å². The lowest BCUT2D eigenvalue weighted by Gasteiger charge is -2.02. The summed E-state index contributed by atoms with van der Waals surface area (Å²) in [5.41, 5.74) is 0.312. The van der Waals surface area contributed by atoms with Crippen LogP contribution in [-0.2, 0) is 6.54 Å². The Kier molecular flexibility index (Phi) is 3.46. The monoisotopic (exact) mass is 349 g/mol. The third-order valence-electron chi connectivity index (χ3n) is 3.05. The number of nitrogens with one attached hydrogen (secondary N) is 2. The molecule has 0 spiro atoms. The molecule has 0 atom stereocenters. The van der Waals surface area contributed by atoms with Gasteiger partial charge in [-0.3, -0.25) is 19.3 Å². The highest BCUT2D eigenvalue weighted by atomic mass is 79.9. The molecule has 0 fully saturated rings. The molecule has 3 aromatic heterocycles. The zero-order valence-electron chi connectivity index (χ0n) is 11.2. The van der Waals surface area contributed by atoms with Crippen LogP contribution in [-0.4, -0.2) is 24.5 Å². The number of nitrogens with zero attached hydrogens (tertiary/aromatic N) is 3. The smallest absolute Gasteiger partial charge is 0.330 e. The van der Waals surface area contributed by atoms with Crippen molar-refractivity contribution >= 4 is 27.1 Å². The number of rotatable bonds is 3. The van der Waals surface area contributed by atoms with E-state index >= 15 is 0 Å². The molecule has 0 aliphatic rings. The fourth-order valence-electron chi connectivity index (χ4n) is 2.11. The van der Waals surface area contributed by atoms with E-state index in [4.69, 9.17) is 0 Å². The number of fused-ring (bicyclic) bond motifs is 1. The maximum absolute atomic E-state index is 11.9. The van der Waals surface area contributed by atoms with Crippen molar-refractivity contribution in [3.63, 3.8) is 0 Å². The molecule has 0 bridgehead atoms. The van der Waals surface area contributed by atoms with Crippen LogP contribution >= 0.6 is 15.9 Å². The van der Waals surface area contributed by atoms with Crippen molar-refractivity contribution in [3.8, 4) is 11.5 Å². The van der Waals surface area contributed by atoms with Gasteiger partial charge in [-0.25, -0.2) is 9.78 Å². The average Bonchev–Trinajstić information content (AvgIpc) is 2.90. The predicted octanol–water partition coefficient (Wildman–Crippen LogP) is 1.65. The van der Waals surface area contributed by atoms with Crippen LogP contribution in [0.15, 0.2) is 32.4 Å². The summed E-state index contributed by atoms with van der Waals surface area (Å²) in [7, 11) is 0. The second kappa shape index (κ2) is 5.28. The topological polar surface area (TPSA) is 96.4 Å². The summed E-state index contributed by atoms with van der Waals surface area (Å²) in [6, 6.07) is 3.61. The Morgan fingerprint density at radius 3 is 2.76 bits per heavy atom. The van der Waals surface area contributed by atoms with Crippen molar-refractivity contribution in [2.45, 2.75) is 19.9 Å². The number of hydrogen-bond acceptors (Lipinski definition) is 4. The molecule has 3 rings (SSSR count). The molecular weight excluding hydrogens is 338 g/mol. The van der Waals surface area contributed by atoms with Gasteiger partial charge in [-0.2, -0.15) is 0 Å². The molecule has 8 heteroatoms. The SMILES string of the molecule is CCCn1c(=O)[nH]c(=O)c2[nH]c(-c3ccc(Br)cn3)nc21. The quantitative estimate of drug-likeness (QED) is 0.751. The van der Waals surface area contributed by atoms with E-state index in [1.54, 1.807) is 12.3 Å². The third-order valence-corrected chi connectivity index (χ3v) is 3.52. The number of hydrogen-bond donors (Lipinski definition) is 2. The van der Waals surface area contributed by atoms with Gasteiger partial charge < -0.3 is 4.98 Å². The van der Waals surface area contributed by atoms with Gasteiger partial charge in [0.25, 0.3) is 5.56 Å². The van der Waals surface area contributed by atoms with Crippen molar-refractivity contribution in [2.24, 2.45) is 0 Å². The summed E-state index contributed by atoms with van der Waals surface area (Å²) >= 11 is 3.31. The van der Waals surface area contributed by atoms with Gasteiger partial charge in [-0.05, 0) is 34.5 Å². The summed E-state index contributed by atoms with van der Waals surface area (Å²) in [6.07, 6.45) is 2.41. The number of halogens is 1. The van der Waals surface area contributed by atoms with E-state index in [0.29, 0.717) is 23.7 Å². The van der Waals surface area contributed by atoms with Crippen molar-refractivity contribution in [2.75, 3.05) is 0 Å². The van der Waals surface area contributed by atoms with E-state index in [9.17, 15) is 9.59 Å². The summed E-state index contributed by atoms with van der Waals surface area (Å²) < 4.78 is 2.30. The van der Waals surface area contributed by atoms with Gasteiger partial charge >= 0.3 is 5.69 Å². The molecule has 0 aliphatic carbocycles. The average molecular weight is 350 g/mol. The molecule has 7 nitrogen and oxygen atoms in total. The van der Waals surface area contributed by atoms with Crippen LogP contribution in [0.4, 0.5) is 0 Å². The van der Waals surface area contributed by atoms with Gasteiger partial charge in [0.1, 0.15) is 11.2 Å². The molecule has 21 heavy (non-hydrogen) atoms. The molecule has 0 saturated heterocycles. The molecule has 2 N–H and O–H groups in total. The lowest BCUT2D eigenvalue weighted by atomic mass is 10.3. The number of H-pyrrole nitrogens is 2. The third kappa shape index (κ3) is 2.42. The Morgan fingerprint density at radius 2 is 2.10 bits per heavy atom. The van der Waals surface area contributed by atoms with Crippen molar-refractivity contribution < 1.29 is 0 Å². The maximum Gasteiger partial charge on any atom is 0.330 e. The lowest BCUT2D eigenvalue weighted by Crippen LogP contribution is -2.30. The summed E-state index contributed by atoms with van der Waals surface area (Å²) in [6.45, 7) is 2.44. The molecule has 0 unspecified atom stereocenters. The van der Waals surface area contributed by atoms with Crippen LogP contribution in [0, 0.1) is 0 Å². The van der Waals surface area contributed by atoms with Gasteiger partial charge in [0.2, 0.25) is 0 Å². The summed E-state index contributed by atoms with van der Waals surface area (Å²) in [5, 5.41) is 0. The van der Waals surface area contributed by atoms with Crippen LogP contribution < -0.4 is 11.2 Å². The number of aromatic amines is 2. The molecule has 0 aromatic carbocycles. The van der Waals surface area contributed by atoms with Crippen LogP contribution in [0.3, 0.4) is 0 Å². The largest absolute Gasteiger partial charge is 0.331 e. The van der Waals surface area contributed by atoms with Crippen molar-refractivity contribution in [3.05, 3.63) is 43.6 Å². The van der Waals surface area contributed by atoms with Gasteiger partial charge in [0.15, 0.2) is 11.5 Å². The van der Waals surface area contributed by atoms with E-state index in [0.717, 1.165) is 10.9 Å². The van der Waals surface area contributed by atoms with E-state index < -0.39 is 11.2 Å². The fourth-order valence-corrected chi connectivity index (χ4v) is 2.34. The minimum Gasteiger partial charge on any atom is -0.331 e. The zero-order chi connectivity index (χ0) is 15.0. The minimum atomic E-state index is -0.474. The van der Waals surface area contributed by atoms with E-state index in [2.05, 4.69) is 35.9 Å². The second-order valence-corrected chi connectivity index (χ2v) is 5.47. The Hall–Kier alpha value is -2.22. The van der Waals surface area contributed by atoms with Gasteiger partial charge in [0.05, 0.1) is 0 Å². The molecule has 0 amide bonds. The first-order valence-corrected chi connectivity index (χ1v) is 7.24. The van der Waals surface area contributed by atoms with Gasteiger partial charge in [0, 0.05) is 17.2 Å². The highest BCUT2D eigenvalue weighted by Crippen LogP contribution is 2.18. The number of aromatic nitrogens is 5. The standard InChI is InChI=1S/C13H12BrN5O2/c1-2-5-19-11-9(12(20)18-13(19)21)16-10(17-11)8-4-3-7(14)6-15-8/h3-4,6H,2,5H2,1H3,(H,16,17)(H,18,20,21). The Morgan fingerprint density at radius 1 is 1.29 bits per heavy atom. The zero-order valence-corrected chi connectivity index (χ0v) is 12.8. The predicted molar refractivity (Wildman–Crippen MR) is 82.2 cm³/mol. The summed E-state index contributed by atoms with van der Waals surface area (Å²) in [4.78, 5) is 37.6. The molecule has 0 saturated carbocycles. The van der Waals surface area contributed by atoms with Crippen molar-refractivity contribution in [1.29, 1.82) is 0 Å². The molecular formula is C13H12BrN5O2. The first-order valence-electron chi connectivity index (χ1n) is 6.45. The highest BCUT2D eigenvalue weighted by molar-refractivity contribution is 9.10. The number of aryl methyl sites for hydroxylation is 1. The molecule has 108 valence electrons. The van der Waals surface area contributed by atoms with Crippen LogP contribution in [0.1, 0.15) is 13.3 Å². The minimum absolute atomic E-state index is 0.280. The normalized spacial score (nSPS) is 11.1. The molecule has 3 aromatic rings. The molecule has 3 heterocycles. The van der Waals surface area contributed by atoms with E-state index in [1.807, 2.05) is 13.0 Å². The lowest BCUT2D eigenvalue weighted by molar-refractivity contribution is 0.653. The number of pyridine rings is 1. The number of imidazole rings is 1. The highest BCUT2D eigenvalue weighted by Gasteiger charge is 2.14. The second-order valence-electron chi connectivity index (χ2n) is 4.56. The van der Waals surface area contributed by atoms with Gasteiger partial charge in [-0.1, -0.05) is 6.92 Å². The molecule has 0 radical (unpaired) electrons. The Bertz CT molecular complexity index is 907. The van der Waals surface area contributed by atoms with Gasteiger partial charge in [-0.15, -0.1) is 0 Å². The molecule has 0 aliphatic heterocycles. The van der Waals surface area contributed by atoms with Crippen LogP contribution in [0.5, 0.6) is 0 Å².